The molecule has 0 bridgehead atoms. The van der Waals surface area contributed by atoms with Gasteiger partial charge in [0.25, 0.3) is 0 Å². The molecule has 16 nitrogen and oxygen atoms in total. The molecule has 3 saturated heterocycles. The number of hydrogen-bond donors (Lipinski definition) is 5. The van der Waals surface area contributed by atoms with Crippen molar-refractivity contribution < 1.29 is 72.6 Å². The van der Waals surface area contributed by atoms with Gasteiger partial charge in [0.05, 0.1) is 52.4 Å². The summed E-state index contributed by atoms with van der Waals surface area (Å²) in [5.41, 5.74) is 4.29. The van der Waals surface area contributed by atoms with Crippen LogP contribution in [-0.2, 0) is 85.2 Å². The van der Waals surface area contributed by atoms with Crippen LogP contribution in [-0.4, -0.2) is 132 Å². The summed E-state index contributed by atoms with van der Waals surface area (Å²) in [7, 11) is 0. The third-order valence-corrected chi connectivity index (χ3v) is 12.7. The number of aliphatic hydroxyl groups excluding tert-OH is 4. The van der Waals surface area contributed by atoms with E-state index in [1.165, 1.54) is 6.92 Å². The summed E-state index contributed by atoms with van der Waals surface area (Å²) >= 11 is 0. The molecule has 0 saturated carbocycles. The van der Waals surface area contributed by atoms with Gasteiger partial charge in [-0.1, -0.05) is 152 Å². The molecule has 5 N–H and O–H groups in total. The molecule has 380 valence electrons. The van der Waals surface area contributed by atoms with Gasteiger partial charge in [0.15, 0.2) is 18.9 Å². The minimum absolute atomic E-state index is 0.0563. The standard InChI is InChI=1S/C55H65NO15/c1-35-47(63-30-38-20-10-4-11-21-38)50(51(53(61)67-35)65-32-40-24-14-6-15-25-40)71-55-52(66-33-41-26-16-7-17-27-41)49(64-31-39-22-12-5-13-23-39)48(43(69-55)34-62-29-37-18-8-3-9-19-37)70-54-44(56-36(2)58)46(60)45(59)42(28-57)68-54/h3-27,35,42-55,57,59-61H,28-34H2,1-2H3,(H,56,58)/t35-,42+,43+,44-,45+,46+,47-,48+,49-,50+,51+,52+,53+,54-,55+/m0/s1. The molecule has 3 fully saturated rings. The zero-order valence-corrected chi connectivity index (χ0v) is 39.8. The molecule has 8 rings (SSSR count). The Morgan fingerprint density at radius 1 is 0.493 bits per heavy atom. The van der Waals surface area contributed by atoms with Crippen molar-refractivity contribution in [3.8, 4) is 0 Å². The highest BCUT2D eigenvalue weighted by Gasteiger charge is 2.56. The number of aliphatic hydroxyl groups is 4. The Bertz CT molecular complexity index is 2250. The lowest BCUT2D eigenvalue weighted by molar-refractivity contribution is -0.384. The number of carbonyl (C=O) groups excluding carboxylic acids is 1. The van der Waals surface area contributed by atoms with Gasteiger partial charge in [0.1, 0.15) is 67.1 Å². The highest BCUT2D eigenvalue weighted by molar-refractivity contribution is 5.73. The average molecular weight is 980 g/mol. The second kappa shape index (κ2) is 26.1. The highest BCUT2D eigenvalue weighted by Crippen LogP contribution is 2.37. The van der Waals surface area contributed by atoms with Crippen LogP contribution in [0.4, 0.5) is 0 Å². The minimum Gasteiger partial charge on any atom is -0.394 e. The fourth-order valence-electron chi connectivity index (χ4n) is 9.04. The molecular weight excluding hydrogens is 915 g/mol. The first-order valence-corrected chi connectivity index (χ1v) is 24.1. The van der Waals surface area contributed by atoms with Crippen LogP contribution in [0.3, 0.4) is 0 Å². The van der Waals surface area contributed by atoms with E-state index in [-0.39, 0.29) is 39.6 Å². The summed E-state index contributed by atoms with van der Waals surface area (Å²) in [6, 6.07) is 46.5. The largest absolute Gasteiger partial charge is 0.394 e. The van der Waals surface area contributed by atoms with Gasteiger partial charge in [-0.3, -0.25) is 4.79 Å². The van der Waals surface area contributed by atoms with E-state index in [0.717, 1.165) is 27.8 Å². The Kier molecular flexibility index (Phi) is 19.2. The molecule has 1 amide bonds. The summed E-state index contributed by atoms with van der Waals surface area (Å²) in [6.07, 6.45) is -16.9. The summed E-state index contributed by atoms with van der Waals surface area (Å²) < 4.78 is 66.9. The monoisotopic (exact) mass is 979 g/mol. The molecule has 16 heteroatoms. The van der Waals surface area contributed by atoms with Crippen molar-refractivity contribution >= 4 is 5.91 Å². The van der Waals surface area contributed by atoms with E-state index in [9.17, 15) is 25.2 Å². The highest BCUT2D eigenvalue weighted by atomic mass is 16.8. The van der Waals surface area contributed by atoms with Crippen LogP contribution in [0.15, 0.2) is 152 Å². The smallest absolute Gasteiger partial charge is 0.217 e. The lowest BCUT2D eigenvalue weighted by Crippen LogP contribution is -2.69. The first-order chi connectivity index (χ1) is 34.6. The zero-order chi connectivity index (χ0) is 49.5. The van der Waals surface area contributed by atoms with Crippen molar-refractivity contribution in [1.82, 2.24) is 5.32 Å². The second-order valence-corrected chi connectivity index (χ2v) is 18.0. The fraction of sp³-hybridized carbons (Fsp3) is 0.436. The molecule has 71 heavy (non-hydrogen) atoms. The van der Waals surface area contributed by atoms with Gasteiger partial charge in [-0.15, -0.1) is 0 Å². The van der Waals surface area contributed by atoms with E-state index in [4.69, 9.17) is 47.4 Å². The van der Waals surface area contributed by atoms with Crippen LogP contribution in [0.2, 0.25) is 0 Å². The van der Waals surface area contributed by atoms with E-state index in [1.54, 1.807) is 6.92 Å². The molecule has 5 aromatic carbocycles. The quantitative estimate of drug-likeness (QED) is 0.0638. The predicted octanol–water partition coefficient (Wildman–Crippen LogP) is 4.72. The fourth-order valence-corrected chi connectivity index (χ4v) is 9.04. The van der Waals surface area contributed by atoms with Crippen molar-refractivity contribution in [2.75, 3.05) is 13.2 Å². The van der Waals surface area contributed by atoms with Gasteiger partial charge >= 0.3 is 0 Å². The number of nitrogens with one attached hydrogen (secondary N) is 1. The molecule has 5 aromatic rings. The molecular formula is C55H65NO15. The van der Waals surface area contributed by atoms with E-state index in [1.807, 2.05) is 152 Å². The average Bonchev–Trinajstić information content (AvgIpc) is 3.39. The first-order valence-electron chi connectivity index (χ1n) is 24.1. The Morgan fingerprint density at radius 3 is 1.39 bits per heavy atom. The van der Waals surface area contributed by atoms with Gasteiger partial charge in [-0.25, -0.2) is 0 Å². The van der Waals surface area contributed by atoms with Crippen LogP contribution in [0.1, 0.15) is 41.7 Å². The van der Waals surface area contributed by atoms with Crippen LogP contribution in [0, 0.1) is 0 Å². The van der Waals surface area contributed by atoms with Crippen molar-refractivity contribution in [3.05, 3.63) is 179 Å². The van der Waals surface area contributed by atoms with Gasteiger partial charge in [0, 0.05) is 6.92 Å². The van der Waals surface area contributed by atoms with Crippen LogP contribution >= 0.6 is 0 Å². The van der Waals surface area contributed by atoms with E-state index in [2.05, 4.69) is 5.32 Å². The van der Waals surface area contributed by atoms with Crippen molar-refractivity contribution in [3.63, 3.8) is 0 Å². The number of amides is 1. The Hall–Kier alpha value is -4.99. The molecule has 0 aromatic heterocycles. The normalized spacial score (nSPS) is 30.9. The number of rotatable bonds is 22. The molecule has 3 heterocycles. The third-order valence-electron chi connectivity index (χ3n) is 12.7. The second-order valence-electron chi connectivity index (χ2n) is 18.0. The van der Waals surface area contributed by atoms with Gasteiger partial charge in [-0.05, 0) is 34.7 Å². The predicted molar refractivity (Wildman–Crippen MR) is 256 cm³/mol. The Labute approximate surface area is 414 Å². The van der Waals surface area contributed by atoms with Gasteiger partial charge < -0.3 is 73.1 Å². The zero-order valence-electron chi connectivity index (χ0n) is 39.8. The number of carbonyl (C=O) groups is 1. The summed E-state index contributed by atoms with van der Waals surface area (Å²) in [5, 5.41) is 47.2. The van der Waals surface area contributed by atoms with Gasteiger partial charge in [0.2, 0.25) is 5.91 Å². The maximum Gasteiger partial charge on any atom is 0.217 e. The van der Waals surface area contributed by atoms with Crippen LogP contribution < -0.4 is 5.32 Å². The van der Waals surface area contributed by atoms with E-state index >= 15 is 0 Å². The Balaban J connectivity index is 1.21. The number of ether oxygens (including phenoxy) is 10. The molecule has 0 radical (unpaired) electrons. The Morgan fingerprint density at radius 2 is 0.915 bits per heavy atom. The van der Waals surface area contributed by atoms with E-state index < -0.39 is 105 Å². The minimum atomic E-state index is -1.61. The van der Waals surface area contributed by atoms with Crippen molar-refractivity contribution in [2.24, 2.45) is 0 Å². The van der Waals surface area contributed by atoms with Crippen molar-refractivity contribution in [2.45, 2.75) is 139 Å². The molecule has 15 atom stereocenters. The van der Waals surface area contributed by atoms with E-state index in [0.29, 0.717) is 0 Å². The summed E-state index contributed by atoms with van der Waals surface area (Å²) in [4.78, 5) is 12.7. The molecule has 3 aliphatic rings. The lowest BCUT2D eigenvalue weighted by atomic mass is 9.94. The maximum absolute atomic E-state index is 12.7. The van der Waals surface area contributed by atoms with Crippen LogP contribution in [0.25, 0.3) is 0 Å². The molecule has 0 spiro atoms. The molecule has 0 unspecified atom stereocenters. The number of benzene rings is 5. The number of hydrogen-bond acceptors (Lipinski definition) is 15. The SMILES string of the molecule is CC(=O)N[C@@H]1[C@H](O[C@H]2[C@H](OCc3ccccc3)[C@@H](OCc3ccccc3)[C@@H](O[C@@H]3[C@@H](OCc4ccccc4)[C@H](C)O[C@@H](O)[C@@H]3OCc3ccccc3)O[C@@H]2COCc2ccccc2)O[C@H](CO)[C@@H](O)[C@@H]1O. The lowest BCUT2D eigenvalue weighted by Gasteiger charge is -2.51. The third kappa shape index (κ3) is 14.2. The molecule has 3 aliphatic heterocycles. The van der Waals surface area contributed by atoms with Gasteiger partial charge in [-0.2, -0.15) is 0 Å². The van der Waals surface area contributed by atoms with Crippen molar-refractivity contribution in [1.29, 1.82) is 0 Å². The van der Waals surface area contributed by atoms with Crippen LogP contribution in [0.5, 0.6) is 0 Å². The summed E-state index contributed by atoms with van der Waals surface area (Å²) in [5.74, 6) is -0.529. The maximum atomic E-state index is 12.7. The topological polar surface area (TPSA) is 202 Å². The summed E-state index contributed by atoms with van der Waals surface area (Å²) in [6.45, 7) is 2.86. The molecule has 0 aliphatic carbocycles. The first kappa shape index (κ1) is 52.3.